The highest BCUT2D eigenvalue weighted by Crippen LogP contribution is 2.30. The van der Waals surface area contributed by atoms with Gasteiger partial charge < -0.3 is 9.72 Å². The number of rotatable bonds is 4. The van der Waals surface area contributed by atoms with Crippen LogP contribution in [0, 0.1) is 5.82 Å². The minimum atomic E-state index is -0.598. The molecule has 37 heavy (non-hydrogen) atoms. The topological polar surface area (TPSA) is 103 Å². The molecule has 0 radical (unpaired) electrons. The van der Waals surface area contributed by atoms with E-state index >= 15 is 0 Å². The van der Waals surface area contributed by atoms with Crippen molar-refractivity contribution in [3.05, 3.63) is 75.2 Å². The third kappa shape index (κ3) is 4.45. The zero-order valence-electron chi connectivity index (χ0n) is 20.2. The Morgan fingerprint density at radius 1 is 1.03 bits per heavy atom. The first kappa shape index (κ1) is 23.9. The number of fused-ring (bicyclic) bond motifs is 2. The Kier molecular flexibility index (Phi) is 6.31. The first-order valence-electron chi connectivity index (χ1n) is 12.6. The van der Waals surface area contributed by atoms with Crippen molar-refractivity contribution < 1.29 is 9.18 Å². The minimum Gasteiger partial charge on any atom is -0.348 e. The number of thioether (sulfide) groups is 1. The SMILES string of the molecule is O=C(NC1CCC(n2c(=O)c3cc(F)cnc3n(C3CCSCC3)c2=O)CC1)c1cn2ccccc2n1. The average Bonchev–Trinajstić information content (AvgIpc) is 3.36. The van der Waals surface area contributed by atoms with Crippen LogP contribution in [0.25, 0.3) is 16.7 Å². The fraction of sp³-hybridized carbons (Fsp3) is 0.423. The van der Waals surface area contributed by atoms with Crippen LogP contribution < -0.4 is 16.6 Å². The Hall–Kier alpha value is -3.47. The van der Waals surface area contributed by atoms with Gasteiger partial charge in [-0.2, -0.15) is 11.8 Å². The Labute approximate surface area is 215 Å². The Morgan fingerprint density at radius 3 is 2.54 bits per heavy atom. The second-order valence-corrected chi connectivity index (χ2v) is 11.0. The summed E-state index contributed by atoms with van der Waals surface area (Å²) >= 11 is 1.84. The molecule has 2 aliphatic rings. The van der Waals surface area contributed by atoms with Crippen molar-refractivity contribution in [2.75, 3.05) is 11.5 Å². The van der Waals surface area contributed by atoms with Crippen molar-refractivity contribution in [3.63, 3.8) is 0 Å². The predicted octanol–water partition coefficient (Wildman–Crippen LogP) is 3.33. The van der Waals surface area contributed by atoms with Crippen LogP contribution in [0.4, 0.5) is 4.39 Å². The van der Waals surface area contributed by atoms with Gasteiger partial charge >= 0.3 is 5.69 Å². The molecule has 192 valence electrons. The van der Waals surface area contributed by atoms with Gasteiger partial charge in [-0.05, 0) is 68.2 Å². The quantitative estimate of drug-likeness (QED) is 0.441. The van der Waals surface area contributed by atoms with E-state index in [1.807, 2.05) is 36.2 Å². The molecule has 1 saturated heterocycles. The first-order chi connectivity index (χ1) is 18.0. The van der Waals surface area contributed by atoms with Gasteiger partial charge in [-0.15, -0.1) is 0 Å². The summed E-state index contributed by atoms with van der Waals surface area (Å²) in [5, 5.41) is 3.19. The second kappa shape index (κ2) is 9.77. The Bertz CT molecular complexity index is 1560. The molecule has 9 nitrogen and oxygen atoms in total. The van der Waals surface area contributed by atoms with Crippen LogP contribution in [-0.2, 0) is 0 Å². The van der Waals surface area contributed by atoms with Crippen molar-refractivity contribution in [2.45, 2.75) is 56.7 Å². The lowest BCUT2D eigenvalue weighted by Crippen LogP contribution is -2.46. The van der Waals surface area contributed by atoms with Gasteiger partial charge in [0.25, 0.3) is 11.5 Å². The van der Waals surface area contributed by atoms with E-state index in [0.29, 0.717) is 37.0 Å². The summed E-state index contributed by atoms with van der Waals surface area (Å²) < 4.78 is 18.8. The largest absolute Gasteiger partial charge is 0.348 e. The molecule has 1 amide bonds. The summed E-state index contributed by atoms with van der Waals surface area (Å²) in [6, 6.07) is 6.30. The number of aromatic nitrogens is 5. The zero-order chi connectivity index (χ0) is 25.5. The number of halogens is 1. The fourth-order valence-electron chi connectivity index (χ4n) is 5.58. The number of imidazole rings is 1. The van der Waals surface area contributed by atoms with Crippen LogP contribution >= 0.6 is 11.8 Å². The van der Waals surface area contributed by atoms with E-state index in [0.717, 1.165) is 30.5 Å². The molecule has 0 unspecified atom stereocenters. The molecular weight excluding hydrogens is 495 g/mol. The van der Waals surface area contributed by atoms with Gasteiger partial charge in [0.2, 0.25) is 0 Å². The van der Waals surface area contributed by atoms with Crippen molar-refractivity contribution in [1.29, 1.82) is 0 Å². The average molecular weight is 523 g/mol. The third-order valence-electron chi connectivity index (χ3n) is 7.47. The first-order valence-corrected chi connectivity index (χ1v) is 13.8. The van der Waals surface area contributed by atoms with Crippen LogP contribution in [0.15, 0.2) is 52.4 Å². The molecule has 0 bridgehead atoms. The predicted molar refractivity (Wildman–Crippen MR) is 140 cm³/mol. The van der Waals surface area contributed by atoms with Crippen LogP contribution in [0.3, 0.4) is 0 Å². The van der Waals surface area contributed by atoms with E-state index in [2.05, 4.69) is 15.3 Å². The molecule has 6 rings (SSSR count). The number of carbonyl (C=O) groups excluding carboxylic acids is 1. The van der Waals surface area contributed by atoms with Crippen molar-refractivity contribution in [1.82, 2.24) is 28.8 Å². The van der Waals surface area contributed by atoms with Gasteiger partial charge in [-0.1, -0.05) is 6.07 Å². The lowest BCUT2D eigenvalue weighted by molar-refractivity contribution is 0.0917. The molecule has 11 heteroatoms. The van der Waals surface area contributed by atoms with Crippen molar-refractivity contribution in [3.8, 4) is 0 Å². The van der Waals surface area contributed by atoms with E-state index in [9.17, 15) is 18.8 Å². The minimum absolute atomic E-state index is 0.0675. The molecular formula is C26H27FN6O3S. The van der Waals surface area contributed by atoms with Gasteiger partial charge in [0.05, 0.1) is 11.6 Å². The molecule has 4 aromatic heterocycles. The smallest absolute Gasteiger partial charge is 0.333 e. The van der Waals surface area contributed by atoms with E-state index in [-0.39, 0.29) is 40.8 Å². The van der Waals surface area contributed by atoms with Gasteiger partial charge in [0.1, 0.15) is 22.8 Å². The Morgan fingerprint density at radius 2 is 1.78 bits per heavy atom. The molecule has 2 fully saturated rings. The van der Waals surface area contributed by atoms with Gasteiger partial charge in [-0.3, -0.25) is 18.7 Å². The molecule has 4 aromatic rings. The highest BCUT2D eigenvalue weighted by atomic mass is 32.2. The van der Waals surface area contributed by atoms with E-state index < -0.39 is 11.4 Å². The monoisotopic (exact) mass is 522 g/mol. The number of carbonyl (C=O) groups is 1. The molecule has 1 aliphatic heterocycles. The number of nitrogens with zero attached hydrogens (tertiary/aromatic N) is 5. The molecule has 5 heterocycles. The highest BCUT2D eigenvalue weighted by molar-refractivity contribution is 7.99. The summed E-state index contributed by atoms with van der Waals surface area (Å²) in [5.41, 5.74) is 0.446. The van der Waals surface area contributed by atoms with Crippen LogP contribution in [-0.4, -0.2) is 47.0 Å². The molecule has 1 saturated carbocycles. The lowest BCUT2D eigenvalue weighted by Gasteiger charge is -2.31. The summed E-state index contributed by atoms with van der Waals surface area (Å²) in [7, 11) is 0. The second-order valence-electron chi connectivity index (χ2n) is 9.77. The number of hydrogen-bond donors (Lipinski definition) is 1. The van der Waals surface area contributed by atoms with Crippen molar-refractivity contribution >= 4 is 34.3 Å². The Balaban J connectivity index is 1.25. The molecule has 0 spiro atoms. The fourth-order valence-corrected chi connectivity index (χ4v) is 6.66. The summed E-state index contributed by atoms with van der Waals surface area (Å²) in [4.78, 5) is 48.5. The summed E-state index contributed by atoms with van der Waals surface area (Å²) in [6.45, 7) is 0. The molecule has 0 aromatic carbocycles. The van der Waals surface area contributed by atoms with Gasteiger partial charge in [-0.25, -0.2) is 19.2 Å². The maximum Gasteiger partial charge on any atom is 0.333 e. The molecule has 0 atom stereocenters. The summed E-state index contributed by atoms with van der Waals surface area (Å²) in [5.74, 6) is 1.01. The van der Waals surface area contributed by atoms with Gasteiger partial charge in [0.15, 0.2) is 0 Å². The number of hydrogen-bond acceptors (Lipinski definition) is 6. The maximum absolute atomic E-state index is 14.1. The standard InChI is InChI=1S/C26H27FN6O3S/c27-16-13-20-23(28-14-16)32(19-8-11-37-12-9-19)26(36)33(25(20)35)18-6-4-17(5-7-18)29-24(34)21-15-31-10-2-1-3-22(31)30-21/h1-3,10,13-15,17-19H,4-9,11-12H2,(H,29,34). The van der Waals surface area contributed by atoms with E-state index in [1.54, 1.807) is 15.2 Å². The summed E-state index contributed by atoms with van der Waals surface area (Å²) in [6.07, 6.45) is 8.56. The maximum atomic E-state index is 14.1. The highest BCUT2D eigenvalue weighted by Gasteiger charge is 2.30. The zero-order valence-corrected chi connectivity index (χ0v) is 21.0. The van der Waals surface area contributed by atoms with E-state index in [4.69, 9.17) is 0 Å². The normalized spacial score (nSPS) is 20.9. The number of amides is 1. The van der Waals surface area contributed by atoms with Crippen LogP contribution in [0.2, 0.25) is 0 Å². The van der Waals surface area contributed by atoms with Crippen LogP contribution in [0.5, 0.6) is 0 Å². The van der Waals surface area contributed by atoms with Crippen molar-refractivity contribution in [2.24, 2.45) is 0 Å². The number of nitrogens with one attached hydrogen (secondary N) is 1. The molecule has 1 aliphatic carbocycles. The number of pyridine rings is 2. The third-order valence-corrected chi connectivity index (χ3v) is 8.52. The lowest BCUT2D eigenvalue weighted by atomic mass is 9.90. The van der Waals surface area contributed by atoms with Crippen LogP contribution in [0.1, 0.15) is 61.1 Å². The van der Waals surface area contributed by atoms with E-state index in [1.165, 1.54) is 10.6 Å². The van der Waals surface area contributed by atoms with Gasteiger partial charge in [0, 0.05) is 30.5 Å². The molecule has 1 N–H and O–H groups in total.